The topological polar surface area (TPSA) is 32.3 Å². The van der Waals surface area contributed by atoms with Crippen molar-refractivity contribution in [3.8, 4) is 0 Å². The van der Waals surface area contributed by atoms with E-state index < -0.39 is 5.54 Å². The fourth-order valence-corrected chi connectivity index (χ4v) is 1.92. The number of nitrogens with zero attached hydrogens (tertiary/aromatic N) is 1. The molecule has 1 rings (SSSR count). The molecule has 1 amide bonds. The Labute approximate surface area is 93.2 Å². The van der Waals surface area contributed by atoms with E-state index in [4.69, 9.17) is 0 Å². The second-order valence-electron chi connectivity index (χ2n) is 6.10. The zero-order valence-corrected chi connectivity index (χ0v) is 10.8. The van der Waals surface area contributed by atoms with Gasteiger partial charge >= 0.3 is 0 Å². The van der Waals surface area contributed by atoms with Crippen molar-refractivity contribution < 1.29 is 4.79 Å². The molecule has 0 atom stereocenters. The summed E-state index contributed by atoms with van der Waals surface area (Å²) in [5.41, 5.74) is -0.485. The minimum absolute atomic E-state index is 0.0725. The average Bonchev–Trinajstić information content (AvgIpc) is 2.08. The molecule has 1 heterocycles. The Morgan fingerprint density at radius 2 is 1.87 bits per heavy atom. The van der Waals surface area contributed by atoms with Crippen LogP contribution >= 0.6 is 0 Å². The van der Waals surface area contributed by atoms with Gasteiger partial charge in [0.2, 0.25) is 5.91 Å². The average molecular weight is 212 g/mol. The lowest BCUT2D eigenvalue weighted by Crippen LogP contribution is -2.69. The van der Waals surface area contributed by atoms with Gasteiger partial charge in [-0.25, -0.2) is 0 Å². The molecule has 1 aliphatic rings. The fourth-order valence-electron chi connectivity index (χ4n) is 1.92. The predicted octanol–water partition coefficient (Wildman–Crippen LogP) is 1.63. The Kier molecular flexibility index (Phi) is 3.15. The summed E-state index contributed by atoms with van der Waals surface area (Å²) < 4.78 is 0. The second kappa shape index (κ2) is 3.78. The number of rotatable bonds is 2. The summed E-state index contributed by atoms with van der Waals surface area (Å²) in [7, 11) is 0. The van der Waals surface area contributed by atoms with Gasteiger partial charge in [-0.15, -0.1) is 0 Å². The molecule has 88 valence electrons. The van der Waals surface area contributed by atoms with Gasteiger partial charge in [-0.05, 0) is 33.6 Å². The maximum absolute atomic E-state index is 12.3. The molecule has 0 saturated carbocycles. The SMILES string of the molecule is CC(C)CN1C(=O)C(C)(C)NCC1(C)C. The zero-order valence-electron chi connectivity index (χ0n) is 10.8. The van der Waals surface area contributed by atoms with Crippen LogP contribution in [-0.2, 0) is 4.79 Å². The minimum atomic E-state index is -0.412. The standard InChI is InChI=1S/C12H24N2O/c1-9(2)7-14-10(15)12(5,6)13-8-11(14,3)4/h9,13H,7-8H2,1-6H3. The smallest absolute Gasteiger partial charge is 0.242 e. The number of piperazine rings is 1. The van der Waals surface area contributed by atoms with Crippen LogP contribution < -0.4 is 5.32 Å². The quantitative estimate of drug-likeness (QED) is 0.754. The van der Waals surface area contributed by atoms with Crippen LogP contribution in [0.2, 0.25) is 0 Å². The Hall–Kier alpha value is -0.570. The molecule has 1 saturated heterocycles. The summed E-state index contributed by atoms with van der Waals surface area (Å²) >= 11 is 0. The maximum atomic E-state index is 12.3. The van der Waals surface area contributed by atoms with Gasteiger partial charge in [0.25, 0.3) is 0 Å². The van der Waals surface area contributed by atoms with Crippen molar-refractivity contribution in [1.29, 1.82) is 0 Å². The van der Waals surface area contributed by atoms with Gasteiger partial charge in [0, 0.05) is 18.6 Å². The van der Waals surface area contributed by atoms with E-state index in [-0.39, 0.29) is 11.4 Å². The number of nitrogens with one attached hydrogen (secondary N) is 1. The van der Waals surface area contributed by atoms with Crippen LogP contribution in [0.3, 0.4) is 0 Å². The first-order valence-corrected chi connectivity index (χ1v) is 5.74. The third-order valence-electron chi connectivity index (χ3n) is 3.02. The Bertz CT molecular complexity index is 256. The summed E-state index contributed by atoms with van der Waals surface area (Å²) in [6.45, 7) is 14.2. The first-order valence-electron chi connectivity index (χ1n) is 5.74. The highest BCUT2D eigenvalue weighted by molar-refractivity contribution is 5.87. The molecule has 0 unspecified atom stereocenters. The number of carbonyl (C=O) groups excluding carboxylic acids is 1. The van der Waals surface area contributed by atoms with Crippen LogP contribution in [0.4, 0.5) is 0 Å². The van der Waals surface area contributed by atoms with E-state index in [1.165, 1.54) is 0 Å². The molecular weight excluding hydrogens is 188 g/mol. The molecule has 0 spiro atoms. The van der Waals surface area contributed by atoms with Crippen molar-refractivity contribution in [2.45, 2.75) is 52.6 Å². The van der Waals surface area contributed by atoms with Crippen LogP contribution in [0.1, 0.15) is 41.5 Å². The van der Waals surface area contributed by atoms with E-state index in [0.717, 1.165) is 13.1 Å². The third kappa shape index (κ3) is 2.51. The van der Waals surface area contributed by atoms with Crippen molar-refractivity contribution in [2.24, 2.45) is 5.92 Å². The van der Waals surface area contributed by atoms with Gasteiger partial charge < -0.3 is 10.2 Å². The van der Waals surface area contributed by atoms with Crippen molar-refractivity contribution >= 4 is 5.91 Å². The summed E-state index contributed by atoms with van der Waals surface area (Å²) in [6, 6.07) is 0. The van der Waals surface area contributed by atoms with Crippen molar-refractivity contribution in [1.82, 2.24) is 10.2 Å². The van der Waals surface area contributed by atoms with Gasteiger partial charge in [-0.3, -0.25) is 4.79 Å². The van der Waals surface area contributed by atoms with Gasteiger partial charge in [0.1, 0.15) is 0 Å². The lowest BCUT2D eigenvalue weighted by molar-refractivity contribution is -0.148. The van der Waals surface area contributed by atoms with E-state index in [9.17, 15) is 4.79 Å². The summed E-state index contributed by atoms with van der Waals surface area (Å²) in [6.07, 6.45) is 0. The summed E-state index contributed by atoms with van der Waals surface area (Å²) in [5, 5.41) is 3.31. The molecular formula is C12H24N2O. The molecule has 15 heavy (non-hydrogen) atoms. The maximum Gasteiger partial charge on any atom is 0.242 e. The first-order chi connectivity index (χ1) is 6.67. The predicted molar refractivity (Wildman–Crippen MR) is 62.7 cm³/mol. The third-order valence-corrected chi connectivity index (χ3v) is 3.02. The first kappa shape index (κ1) is 12.5. The highest BCUT2D eigenvalue weighted by Gasteiger charge is 2.44. The van der Waals surface area contributed by atoms with Crippen molar-refractivity contribution in [3.05, 3.63) is 0 Å². The van der Waals surface area contributed by atoms with Gasteiger partial charge in [-0.2, -0.15) is 0 Å². The van der Waals surface area contributed by atoms with Crippen LogP contribution in [0, 0.1) is 5.92 Å². The lowest BCUT2D eigenvalue weighted by atomic mass is 9.90. The number of carbonyl (C=O) groups is 1. The zero-order chi connectivity index (χ0) is 11.9. The highest BCUT2D eigenvalue weighted by Crippen LogP contribution is 2.25. The van der Waals surface area contributed by atoms with Crippen LogP contribution in [0.5, 0.6) is 0 Å². The van der Waals surface area contributed by atoms with E-state index >= 15 is 0 Å². The van der Waals surface area contributed by atoms with E-state index in [0.29, 0.717) is 5.92 Å². The Balaban J connectivity index is 2.90. The molecule has 0 bridgehead atoms. The van der Waals surface area contributed by atoms with Gasteiger partial charge in [0.05, 0.1) is 5.54 Å². The Morgan fingerprint density at radius 1 is 1.33 bits per heavy atom. The summed E-state index contributed by atoms with van der Waals surface area (Å²) in [5.74, 6) is 0.731. The molecule has 0 aromatic heterocycles. The summed E-state index contributed by atoms with van der Waals surface area (Å²) in [4.78, 5) is 14.3. The second-order valence-corrected chi connectivity index (χ2v) is 6.10. The molecule has 3 heteroatoms. The van der Waals surface area contributed by atoms with E-state index in [1.54, 1.807) is 0 Å². The number of hydrogen-bond acceptors (Lipinski definition) is 2. The molecule has 1 aliphatic heterocycles. The van der Waals surface area contributed by atoms with Crippen molar-refractivity contribution in [3.63, 3.8) is 0 Å². The monoisotopic (exact) mass is 212 g/mol. The number of hydrogen-bond donors (Lipinski definition) is 1. The van der Waals surface area contributed by atoms with Crippen molar-refractivity contribution in [2.75, 3.05) is 13.1 Å². The lowest BCUT2D eigenvalue weighted by Gasteiger charge is -2.49. The van der Waals surface area contributed by atoms with Crippen LogP contribution in [0.25, 0.3) is 0 Å². The number of amides is 1. The minimum Gasteiger partial charge on any atom is -0.334 e. The highest BCUT2D eigenvalue weighted by atomic mass is 16.2. The Morgan fingerprint density at radius 3 is 2.33 bits per heavy atom. The van der Waals surface area contributed by atoms with E-state index in [2.05, 4.69) is 33.0 Å². The molecule has 0 aromatic rings. The normalized spacial score (nSPS) is 24.7. The molecule has 1 N–H and O–H groups in total. The molecule has 0 aromatic carbocycles. The van der Waals surface area contributed by atoms with E-state index in [1.807, 2.05) is 18.7 Å². The van der Waals surface area contributed by atoms with Gasteiger partial charge in [-0.1, -0.05) is 13.8 Å². The van der Waals surface area contributed by atoms with Crippen LogP contribution in [0.15, 0.2) is 0 Å². The molecule has 0 aliphatic carbocycles. The largest absolute Gasteiger partial charge is 0.334 e. The molecule has 1 fully saturated rings. The molecule has 3 nitrogen and oxygen atoms in total. The fraction of sp³-hybridized carbons (Fsp3) is 0.917. The molecule has 0 radical (unpaired) electrons. The van der Waals surface area contributed by atoms with Crippen LogP contribution in [-0.4, -0.2) is 35.0 Å². The van der Waals surface area contributed by atoms with Gasteiger partial charge in [0.15, 0.2) is 0 Å².